The summed E-state index contributed by atoms with van der Waals surface area (Å²) in [7, 11) is 1.70. The van der Waals surface area contributed by atoms with Gasteiger partial charge in [0.15, 0.2) is 0 Å². The number of nitrogens with one attached hydrogen (secondary N) is 1. The van der Waals surface area contributed by atoms with Crippen LogP contribution in [0.5, 0.6) is 5.75 Å². The number of hydrogen-bond acceptors (Lipinski definition) is 4. The summed E-state index contributed by atoms with van der Waals surface area (Å²) in [5, 5.41) is 4.66. The summed E-state index contributed by atoms with van der Waals surface area (Å²) >= 11 is 1.83. The van der Waals surface area contributed by atoms with Crippen molar-refractivity contribution < 1.29 is 4.74 Å². The Morgan fingerprint density at radius 2 is 2.14 bits per heavy atom. The van der Waals surface area contributed by atoms with Gasteiger partial charge in [-0.25, -0.2) is 4.98 Å². The van der Waals surface area contributed by atoms with Crippen LogP contribution in [0.15, 0.2) is 24.3 Å². The zero-order valence-corrected chi connectivity index (χ0v) is 13.9. The fourth-order valence-electron chi connectivity index (χ4n) is 2.26. The average molecular weight is 304 g/mol. The van der Waals surface area contributed by atoms with Gasteiger partial charge < -0.3 is 10.1 Å². The number of hydrogen-bond donors (Lipinski definition) is 1. The lowest BCUT2D eigenvalue weighted by Crippen LogP contribution is -2.13. The van der Waals surface area contributed by atoms with Crippen LogP contribution in [0.3, 0.4) is 0 Å². The van der Waals surface area contributed by atoms with Gasteiger partial charge in [0.2, 0.25) is 0 Å². The maximum atomic E-state index is 5.28. The molecule has 0 saturated heterocycles. The SMILES string of the molecule is CCCNCc1sc(Cc2cccc(OC)c2)nc1CC. The monoisotopic (exact) mass is 304 g/mol. The Bertz CT molecular complexity index is 566. The molecule has 2 aromatic rings. The number of aryl methyl sites for hydroxylation is 1. The van der Waals surface area contributed by atoms with Crippen molar-refractivity contribution in [1.82, 2.24) is 10.3 Å². The molecule has 0 spiro atoms. The van der Waals surface area contributed by atoms with Gasteiger partial charge in [0, 0.05) is 17.8 Å². The standard InChI is InChI=1S/C17H24N2OS/c1-4-9-18-12-16-15(5-2)19-17(21-16)11-13-7-6-8-14(10-13)20-3/h6-8,10,18H,4-5,9,11-12H2,1-3H3. The van der Waals surface area contributed by atoms with E-state index in [1.807, 2.05) is 23.5 Å². The quantitative estimate of drug-likeness (QED) is 0.753. The summed E-state index contributed by atoms with van der Waals surface area (Å²) in [4.78, 5) is 6.17. The zero-order valence-electron chi connectivity index (χ0n) is 13.1. The molecule has 1 N–H and O–H groups in total. The predicted molar refractivity (Wildman–Crippen MR) is 89.3 cm³/mol. The fraction of sp³-hybridized carbons (Fsp3) is 0.471. The van der Waals surface area contributed by atoms with Crippen molar-refractivity contribution in [2.45, 2.75) is 39.7 Å². The topological polar surface area (TPSA) is 34.1 Å². The van der Waals surface area contributed by atoms with Gasteiger partial charge in [-0.2, -0.15) is 0 Å². The molecule has 0 unspecified atom stereocenters. The predicted octanol–water partition coefficient (Wildman–Crippen LogP) is 3.80. The first kappa shape index (κ1) is 16.0. The molecule has 1 heterocycles. The first-order valence-electron chi connectivity index (χ1n) is 7.57. The van der Waals surface area contributed by atoms with E-state index < -0.39 is 0 Å². The smallest absolute Gasteiger partial charge is 0.119 e. The number of aromatic nitrogens is 1. The highest BCUT2D eigenvalue weighted by atomic mass is 32.1. The van der Waals surface area contributed by atoms with E-state index in [-0.39, 0.29) is 0 Å². The lowest BCUT2D eigenvalue weighted by atomic mass is 10.1. The third-order valence-corrected chi connectivity index (χ3v) is 4.46. The minimum absolute atomic E-state index is 0.878. The third kappa shape index (κ3) is 4.55. The first-order valence-corrected chi connectivity index (χ1v) is 8.39. The number of methoxy groups -OCH3 is 1. The van der Waals surface area contributed by atoms with Crippen LogP contribution in [0.4, 0.5) is 0 Å². The Morgan fingerprint density at radius 1 is 1.29 bits per heavy atom. The van der Waals surface area contributed by atoms with E-state index in [0.717, 1.165) is 38.1 Å². The van der Waals surface area contributed by atoms with E-state index in [0.29, 0.717) is 0 Å². The van der Waals surface area contributed by atoms with E-state index in [1.54, 1.807) is 7.11 Å². The van der Waals surface area contributed by atoms with Crippen molar-refractivity contribution in [2.24, 2.45) is 0 Å². The molecule has 114 valence electrons. The largest absolute Gasteiger partial charge is 0.497 e. The molecular weight excluding hydrogens is 280 g/mol. The number of benzene rings is 1. The van der Waals surface area contributed by atoms with Crippen molar-refractivity contribution >= 4 is 11.3 Å². The summed E-state index contributed by atoms with van der Waals surface area (Å²) in [5.41, 5.74) is 2.49. The Morgan fingerprint density at radius 3 is 2.86 bits per heavy atom. The van der Waals surface area contributed by atoms with E-state index in [4.69, 9.17) is 9.72 Å². The Kier molecular flexibility index (Phi) is 6.21. The van der Waals surface area contributed by atoms with Gasteiger partial charge in [-0.15, -0.1) is 11.3 Å². The summed E-state index contributed by atoms with van der Waals surface area (Å²) in [6, 6.07) is 8.22. The van der Waals surface area contributed by atoms with Crippen molar-refractivity contribution in [3.63, 3.8) is 0 Å². The van der Waals surface area contributed by atoms with E-state index in [2.05, 4.69) is 31.3 Å². The fourth-order valence-corrected chi connectivity index (χ4v) is 3.42. The molecule has 0 radical (unpaired) electrons. The van der Waals surface area contributed by atoms with Crippen molar-refractivity contribution in [2.75, 3.05) is 13.7 Å². The molecule has 0 saturated carbocycles. The highest BCUT2D eigenvalue weighted by Gasteiger charge is 2.10. The minimum atomic E-state index is 0.878. The van der Waals surface area contributed by atoms with Crippen LogP contribution in [-0.2, 0) is 19.4 Å². The summed E-state index contributed by atoms with van der Waals surface area (Å²) in [5.74, 6) is 0.907. The second-order valence-electron chi connectivity index (χ2n) is 5.04. The number of rotatable bonds is 8. The van der Waals surface area contributed by atoms with Gasteiger partial charge in [-0.05, 0) is 37.1 Å². The molecule has 4 heteroatoms. The van der Waals surface area contributed by atoms with Gasteiger partial charge in [0.25, 0.3) is 0 Å². The first-order chi connectivity index (χ1) is 10.3. The third-order valence-electron chi connectivity index (χ3n) is 3.36. The number of nitrogens with zero attached hydrogens (tertiary/aromatic N) is 1. The van der Waals surface area contributed by atoms with Crippen LogP contribution in [0, 0.1) is 0 Å². The minimum Gasteiger partial charge on any atom is -0.497 e. The maximum Gasteiger partial charge on any atom is 0.119 e. The van der Waals surface area contributed by atoms with Crippen LogP contribution < -0.4 is 10.1 Å². The van der Waals surface area contributed by atoms with Crippen LogP contribution in [0.25, 0.3) is 0 Å². The van der Waals surface area contributed by atoms with Crippen molar-refractivity contribution in [3.8, 4) is 5.75 Å². The van der Waals surface area contributed by atoms with Crippen molar-refractivity contribution in [1.29, 1.82) is 0 Å². The van der Waals surface area contributed by atoms with Gasteiger partial charge in [0.1, 0.15) is 5.75 Å². The van der Waals surface area contributed by atoms with Gasteiger partial charge >= 0.3 is 0 Å². The molecular formula is C17H24N2OS. The molecule has 0 bridgehead atoms. The lowest BCUT2D eigenvalue weighted by Gasteiger charge is -2.02. The lowest BCUT2D eigenvalue weighted by molar-refractivity contribution is 0.414. The Labute approximate surface area is 131 Å². The number of thiazole rings is 1. The average Bonchev–Trinajstić information content (AvgIpc) is 2.89. The highest BCUT2D eigenvalue weighted by molar-refractivity contribution is 7.11. The molecule has 1 aromatic heterocycles. The second-order valence-corrected chi connectivity index (χ2v) is 6.20. The molecule has 3 nitrogen and oxygen atoms in total. The molecule has 1 aromatic carbocycles. The summed E-state index contributed by atoms with van der Waals surface area (Å²) < 4.78 is 5.28. The molecule has 0 atom stereocenters. The normalized spacial score (nSPS) is 10.8. The molecule has 0 aliphatic heterocycles. The van der Waals surface area contributed by atoms with Gasteiger partial charge in [-0.3, -0.25) is 0 Å². The van der Waals surface area contributed by atoms with E-state index in [9.17, 15) is 0 Å². The van der Waals surface area contributed by atoms with Crippen LogP contribution in [-0.4, -0.2) is 18.6 Å². The van der Waals surface area contributed by atoms with Crippen LogP contribution in [0.2, 0.25) is 0 Å². The zero-order chi connectivity index (χ0) is 15.1. The van der Waals surface area contributed by atoms with Crippen LogP contribution in [0.1, 0.15) is 41.4 Å². The maximum absolute atomic E-state index is 5.28. The van der Waals surface area contributed by atoms with Crippen molar-refractivity contribution in [3.05, 3.63) is 45.4 Å². The molecule has 0 aliphatic carbocycles. The van der Waals surface area contributed by atoms with E-state index >= 15 is 0 Å². The summed E-state index contributed by atoms with van der Waals surface area (Å²) in [6.07, 6.45) is 3.04. The number of ether oxygens (including phenoxy) is 1. The molecule has 2 rings (SSSR count). The summed E-state index contributed by atoms with van der Waals surface area (Å²) in [6.45, 7) is 6.36. The Balaban J connectivity index is 2.08. The molecule has 0 amide bonds. The molecule has 0 fully saturated rings. The van der Waals surface area contributed by atoms with Gasteiger partial charge in [-0.1, -0.05) is 26.0 Å². The van der Waals surface area contributed by atoms with Gasteiger partial charge in [0.05, 0.1) is 17.8 Å². The Hall–Kier alpha value is -1.39. The second kappa shape index (κ2) is 8.15. The highest BCUT2D eigenvalue weighted by Crippen LogP contribution is 2.23. The van der Waals surface area contributed by atoms with Crippen LogP contribution >= 0.6 is 11.3 Å². The molecule has 0 aliphatic rings. The molecule has 21 heavy (non-hydrogen) atoms. The van der Waals surface area contributed by atoms with E-state index in [1.165, 1.54) is 21.1 Å².